The molecule has 136 valence electrons. The van der Waals surface area contributed by atoms with Gasteiger partial charge in [-0.15, -0.1) is 5.10 Å². The molecule has 0 saturated carbocycles. The number of benzene rings is 1. The number of methoxy groups -OCH3 is 1. The van der Waals surface area contributed by atoms with Gasteiger partial charge in [-0.1, -0.05) is 11.6 Å². The number of nitrogens with zero attached hydrogens (tertiary/aromatic N) is 3. The average Bonchev–Trinajstić information content (AvgIpc) is 2.69. The van der Waals surface area contributed by atoms with Crippen molar-refractivity contribution in [3.8, 4) is 0 Å². The van der Waals surface area contributed by atoms with Crippen LogP contribution in [0.25, 0.3) is 0 Å². The van der Waals surface area contributed by atoms with Crippen LogP contribution in [0.4, 0.5) is 17.5 Å². The SMILES string of the molecule is COC(=O)c1ccc(Nc2cnnc(NCCC3=CCCCC3)n2)cc1. The zero-order valence-corrected chi connectivity index (χ0v) is 14.9. The van der Waals surface area contributed by atoms with Crippen LogP contribution in [0.15, 0.2) is 42.1 Å². The Morgan fingerprint density at radius 2 is 2.08 bits per heavy atom. The van der Waals surface area contributed by atoms with Crippen molar-refractivity contribution in [1.29, 1.82) is 0 Å². The van der Waals surface area contributed by atoms with E-state index in [4.69, 9.17) is 0 Å². The molecule has 26 heavy (non-hydrogen) atoms. The minimum Gasteiger partial charge on any atom is -0.465 e. The van der Waals surface area contributed by atoms with Gasteiger partial charge in [-0.3, -0.25) is 0 Å². The van der Waals surface area contributed by atoms with E-state index in [1.54, 1.807) is 30.5 Å². The summed E-state index contributed by atoms with van der Waals surface area (Å²) in [5.74, 6) is 0.725. The first kappa shape index (κ1) is 17.8. The maximum atomic E-state index is 11.5. The molecule has 7 nitrogen and oxygen atoms in total. The van der Waals surface area contributed by atoms with E-state index in [9.17, 15) is 4.79 Å². The van der Waals surface area contributed by atoms with E-state index < -0.39 is 0 Å². The van der Waals surface area contributed by atoms with Crippen LogP contribution >= 0.6 is 0 Å². The van der Waals surface area contributed by atoms with E-state index >= 15 is 0 Å². The van der Waals surface area contributed by atoms with Crippen molar-refractivity contribution in [3.63, 3.8) is 0 Å². The Morgan fingerprint density at radius 3 is 2.81 bits per heavy atom. The molecule has 0 fully saturated rings. The van der Waals surface area contributed by atoms with Crippen LogP contribution in [-0.4, -0.2) is 34.8 Å². The molecule has 1 aromatic carbocycles. The number of aromatic nitrogens is 3. The van der Waals surface area contributed by atoms with E-state index in [0.29, 0.717) is 17.3 Å². The van der Waals surface area contributed by atoms with Crippen molar-refractivity contribution in [3.05, 3.63) is 47.7 Å². The molecule has 0 bridgehead atoms. The number of hydrogen-bond donors (Lipinski definition) is 2. The summed E-state index contributed by atoms with van der Waals surface area (Å²) in [6.07, 6.45) is 9.90. The molecule has 1 aliphatic carbocycles. The molecule has 0 spiro atoms. The van der Waals surface area contributed by atoms with E-state index in [1.807, 2.05) is 0 Å². The van der Waals surface area contributed by atoms with Crippen molar-refractivity contribution < 1.29 is 9.53 Å². The summed E-state index contributed by atoms with van der Waals surface area (Å²) >= 11 is 0. The van der Waals surface area contributed by atoms with Gasteiger partial charge in [0.2, 0.25) is 5.95 Å². The van der Waals surface area contributed by atoms with Crippen molar-refractivity contribution >= 4 is 23.4 Å². The van der Waals surface area contributed by atoms with Crippen LogP contribution in [-0.2, 0) is 4.74 Å². The maximum absolute atomic E-state index is 11.5. The molecule has 0 aliphatic heterocycles. The minimum atomic E-state index is -0.361. The summed E-state index contributed by atoms with van der Waals surface area (Å²) in [4.78, 5) is 15.9. The summed E-state index contributed by atoms with van der Waals surface area (Å²) in [7, 11) is 1.36. The van der Waals surface area contributed by atoms with Gasteiger partial charge in [-0.2, -0.15) is 10.1 Å². The Balaban J connectivity index is 1.55. The maximum Gasteiger partial charge on any atom is 0.337 e. The predicted octanol–water partition coefficient (Wildman–Crippen LogP) is 3.70. The highest BCUT2D eigenvalue weighted by Crippen LogP contribution is 2.20. The van der Waals surface area contributed by atoms with E-state index in [-0.39, 0.29) is 5.97 Å². The molecule has 2 N–H and O–H groups in total. The lowest BCUT2D eigenvalue weighted by atomic mass is 9.97. The molecule has 1 aliphatic rings. The lowest BCUT2D eigenvalue weighted by Crippen LogP contribution is -2.09. The van der Waals surface area contributed by atoms with Crippen LogP contribution in [0.2, 0.25) is 0 Å². The van der Waals surface area contributed by atoms with Crippen molar-refractivity contribution in [2.45, 2.75) is 32.1 Å². The monoisotopic (exact) mass is 353 g/mol. The van der Waals surface area contributed by atoms with Crippen molar-refractivity contribution in [1.82, 2.24) is 15.2 Å². The van der Waals surface area contributed by atoms with E-state index in [0.717, 1.165) is 18.7 Å². The second-order valence-corrected chi connectivity index (χ2v) is 6.14. The fraction of sp³-hybridized carbons (Fsp3) is 0.368. The van der Waals surface area contributed by atoms with Gasteiger partial charge < -0.3 is 15.4 Å². The Morgan fingerprint density at radius 1 is 1.23 bits per heavy atom. The standard InChI is InChI=1S/C19H23N5O2/c1-26-18(25)15-7-9-16(10-8-15)22-17-13-21-24-19(23-17)20-12-11-14-5-3-2-4-6-14/h5,7-10,13H,2-4,6,11-12H2,1H3,(H2,20,22,23,24). The van der Waals surface area contributed by atoms with Gasteiger partial charge in [0.1, 0.15) is 0 Å². The van der Waals surface area contributed by atoms with Crippen LogP contribution in [0.3, 0.4) is 0 Å². The summed E-state index contributed by atoms with van der Waals surface area (Å²) in [6.45, 7) is 0.796. The van der Waals surface area contributed by atoms with Crippen molar-refractivity contribution in [2.24, 2.45) is 0 Å². The number of ether oxygens (including phenoxy) is 1. The Bertz CT molecular complexity index is 774. The molecular formula is C19H23N5O2. The molecule has 7 heteroatoms. The number of hydrogen-bond acceptors (Lipinski definition) is 7. The zero-order valence-electron chi connectivity index (χ0n) is 14.9. The molecule has 1 heterocycles. The van der Waals surface area contributed by atoms with Gasteiger partial charge in [0, 0.05) is 12.2 Å². The second kappa shape index (κ2) is 8.94. The van der Waals surface area contributed by atoms with Gasteiger partial charge in [0.05, 0.1) is 18.9 Å². The molecule has 0 unspecified atom stereocenters. The molecule has 3 rings (SSSR count). The van der Waals surface area contributed by atoms with Gasteiger partial charge in [0.15, 0.2) is 5.82 Å². The van der Waals surface area contributed by atoms with Crippen LogP contribution in [0.5, 0.6) is 0 Å². The molecule has 0 atom stereocenters. The zero-order chi connectivity index (χ0) is 18.2. The second-order valence-electron chi connectivity index (χ2n) is 6.14. The third-order valence-corrected chi connectivity index (χ3v) is 4.25. The number of carbonyl (C=O) groups excluding carboxylic acids is 1. The first-order chi connectivity index (χ1) is 12.7. The number of nitrogens with one attached hydrogen (secondary N) is 2. The molecule has 0 amide bonds. The normalized spacial score (nSPS) is 13.7. The molecule has 2 aromatic rings. The van der Waals surface area contributed by atoms with E-state index in [2.05, 4.69) is 36.6 Å². The summed E-state index contributed by atoms with van der Waals surface area (Å²) < 4.78 is 4.69. The molecule has 1 aromatic heterocycles. The highest BCUT2D eigenvalue weighted by Gasteiger charge is 2.06. The average molecular weight is 353 g/mol. The lowest BCUT2D eigenvalue weighted by Gasteiger charge is -2.13. The van der Waals surface area contributed by atoms with Gasteiger partial charge in [-0.25, -0.2) is 4.79 Å². The predicted molar refractivity (Wildman–Crippen MR) is 101 cm³/mol. The Labute approximate surface area is 152 Å². The Hall–Kier alpha value is -2.96. The number of anilines is 3. The van der Waals surface area contributed by atoms with Gasteiger partial charge in [-0.05, 0) is 56.4 Å². The summed E-state index contributed by atoms with van der Waals surface area (Å²) in [5.41, 5.74) is 2.81. The lowest BCUT2D eigenvalue weighted by molar-refractivity contribution is 0.0601. The molecular weight excluding hydrogens is 330 g/mol. The fourth-order valence-corrected chi connectivity index (χ4v) is 2.86. The van der Waals surface area contributed by atoms with Crippen molar-refractivity contribution in [2.75, 3.05) is 24.3 Å². The van der Waals surface area contributed by atoms with Crippen LogP contribution < -0.4 is 10.6 Å². The number of allylic oxidation sites excluding steroid dienone is 1. The summed E-state index contributed by atoms with van der Waals surface area (Å²) in [6, 6.07) is 6.97. The quantitative estimate of drug-likeness (QED) is 0.579. The van der Waals surface area contributed by atoms with E-state index in [1.165, 1.54) is 38.4 Å². The fourth-order valence-electron chi connectivity index (χ4n) is 2.86. The highest BCUT2D eigenvalue weighted by molar-refractivity contribution is 5.89. The Kier molecular flexibility index (Phi) is 6.14. The summed E-state index contributed by atoms with van der Waals surface area (Å²) in [5, 5.41) is 14.4. The number of rotatable bonds is 7. The highest BCUT2D eigenvalue weighted by atomic mass is 16.5. The first-order valence-corrected chi connectivity index (χ1v) is 8.81. The smallest absolute Gasteiger partial charge is 0.337 e. The third kappa shape index (κ3) is 5.02. The number of carbonyl (C=O) groups is 1. The van der Waals surface area contributed by atoms with Gasteiger partial charge in [0.25, 0.3) is 0 Å². The topological polar surface area (TPSA) is 89.0 Å². The largest absolute Gasteiger partial charge is 0.465 e. The van der Waals surface area contributed by atoms with Crippen LogP contribution in [0.1, 0.15) is 42.5 Å². The molecule has 0 radical (unpaired) electrons. The number of esters is 1. The first-order valence-electron chi connectivity index (χ1n) is 8.81. The minimum absolute atomic E-state index is 0.361. The van der Waals surface area contributed by atoms with Crippen LogP contribution in [0, 0.1) is 0 Å². The third-order valence-electron chi connectivity index (χ3n) is 4.25. The molecule has 0 saturated heterocycles. The van der Waals surface area contributed by atoms with Gasteiger partial charge >= 0.3 is 5.97 Å².